The topological polar surface area (TPSA) is 92.3 Å². The minimum atomic E-state index is -4.49. The number of sulfonamides is 1. The van der Waals surface area contributed by atoms with Crippen LogP contribution in [0.15, 0.2) is 65.7 Å². The molecule has 0 aliphatic heterocycles. The monoisotopic (exact) mass is 436 g/mol. The van der Waals surface area contributed by atoms with E-state index in [1.54, 1.807) is 13.0 Å². The molecule has 3 aromatic rings. The summed E-state index contributed by atoms with van der Waals surface area (Å²) in [7, 11) is -3.97. The number of nitrogens with zero attached hydrogens (tertiary/aromatic N) is 3. The molecule has 1 amide bonds. The Labute approximate surface area is 170 Å². The number of hydrogen-bond donors (Lipinski definition) is 1. The average molecular weight is 436 g/mol. The lowest BCUT2D eigenvalue weighted by molar-refractivity contribution is -0.137. The van der Waals surface area contributed by atoms with Crippen molar-refractivity contribution >= 4 is 33.8 Å². The van der Waals surface area contributed by atoms with E-state index >= 15 is 0 Å². The van der Waals surface area contributed by atoms with Gasteiger partial charge in [0.05, 0.1) is 10.5 Å². The van der Waals surface area contributed by atoms with Gasteiger partial charge in [0.2, 0.25) is 12.4 Å². The number of rotatable bonds is 6. The zero-order chi connectivity index (χ0) is 21.9. The molecule has 0 atom stereocenters. The van der Waals surface area contributed by atoms with Crippen LogP contribution in [-0.2, 0) is 21.0 Å². The first-order valence-corrected chi connectivity index (χ1v) is 9.93. The molecule has 0 saturated carbocycles. The Balaban J connectivity index is 1.83. The van der Waals surface area contributed by atoms with Gasteiger partial charge >= 0.3 is 6.18 Å². The molecule has 0 unspecified atom stereocenters. The number of carbonyl (C=O) groups excluding carboxylic acids is 1. The van der Waals surface area contributed by atoms with Gasteiger partial charge in [0.1, 0.15) is 0 Å². The Morgan fingerprint density at radius 3 is 2.03 bits per heavy atom. The van der Waals surface area contributed by atoms with Crippen molar-refractivity contribution in [3.05, 3.63) is 72.1 Å². The number of carbonyl (C=O) groups is 1. The SMILES string of the molecule is Cc1ccnc(NS(=O)(=O)c2ccc(N(C=O)c3ccc(C(F)(F)F)cc3)cc2)n1. The quantitative estimate of drug-likeness (QED) is 0.592. The summed E-state index contributed by atoms with van der Waals surface area (Å²) in [6.07, 6.45) is -2.66. The number of anilines is 3. The van der Waals surface area contributed by atoms with E-state index in [-0.39, 0.29) is 22.2 Å². The predicted octanol–water partition coefficient (Wildman–Crippen LogP) is 3.90. The summed E-state index contributed by atoms with van der Waals surface area (Å²) in [6.45, 7) is 1.68. The molecule has 156 valence electrons. The van der Waals surface area contributed by atoms with Crippen LogP contribution in [0.4, 0.5) is 30.5 Å². The van der Waals surface area contributed by atoms with Crippen molar-refractivity contribution < 1.29 is 26.4 Å². The average Bonchev–Trinajstić information content (AvgIpc) is 2.68. The molecule has 7 nitrogen and oxygen atoms in total. The van der Waals surface area contributed by atoms with Crippen LogP contribution in [0.25, 0.3) is 0 Å². The lowest BCUT2D eigenvalue weighted by Gasteiger charge is -2.19. The van der Waals surface area contributed by atoms with Crippen LogP contribution in [0.5, 0.6) is 0 Å². The highest BCUT2D eigenvalue weighted by Gasteiger charge is 2.30. The second kappa shape index (κ2) is 8.11. The van der Waals surface area contributed by atoms with Crippen molar-refractivity contribution in [3.63, 3.8) is 0 Å². The van der Waals surface area contributed by atoms with E-state index in [4.69, 9.17) is 0 Å². The summed E-state index contributed by atoms with van der Waals surface area (Å²) >= 11 is 0. The zero-order valence-corrected chi connectivity index (χ0v) is 16.3. The van der Waals surface area contributed by atoms with Crippen molar-refractivity contribution in [1.29, 1.82) is 0 Å². The maximum Gasteiger partial charge on any atom is 0.416 e. The Kier molecular flexibility index (Phi) is 5.74. The highest BCUT2D eigenvalue weighted by molar-refractivity contribution is 7.92. The molecule has 0 aliphatic rings. The van der Waals surface area contributed by atoms with E-state index in [1.807, 2.05) is 0 Å². The van der Waals surface area contributed by atoms with Gasteiger partial charge < -0.3 is 0 Å². The molecule has 0 bridgehead atoms. The van der Waals surface area contributed by atoms with Gasteiger partial charge in [-0.2, -0.15) is 13.2 Å². The number of aryl methyl sites for hydroxylation is 1. The number of alkyl halides is 3. The van der Waals surface area contributed by atoms with Crippen molar-refractivity contribution in [2.24, 2.45) is 0 Å². The summed E-state index contributed by atoms with van der Waals surface area (Å²) in [5.41, 5.74) is 0.203. The van der Waals surface area contributed by atoms with Crippen LogP contribution >= 0.6 is 0 Å². The van der Waals surface area contributed by atoms with E-state index in [1.165, 1.54) is 30.5 Å². The molecule has 0 fully saturated rings. The van der Waals surface area contributed by atoms with E-state index in [0.29, 0.717) is 12.1 Å². The van der Waals surface area contributed by atoms with Crippen LogP contribution in [0, 0.1) is 6.92 Å². The third kappa shape index (κ3) is 4.74. The normalized spacial score (nSPS) is 11.7. The first-order valence-electron chi connectivity index (χ1n) is 8.44. The number of amides is 1. The Hall–Kier alpha value is -3.47. The minimum absolute atomic E-state index is 0.0849. The third-order valence-corrected chi connectivity index (χ3v) is 5.37. The van der Waals surface area contributed by atoms with Crippen LogP contribution < -0.4 is 9.62 Å². The Morgan fingerprint density at radius 1 is 0.967 bits per heavy atom. The molecule has 1 aromatic heterocycles. The fourth-order valence-corrected chi connectivity index (χ4v) is 3.50. The van der Waals surface area contributed by atoms with Crippen molar-refractivity contribution in [2.75, 3.05) is 9.62 Å². The summed E-state index contributed by atoms with van der Waals surface area (Å²) in [6, 6.07) is 10.9. The van der Waals surface area contributed by atoms with Gasteiger partial charge in [-0.05, 0) is 61.5 Å². The van der Waals surface area contributed by atoms with Crippen LogP contribution in [0.3, 0.4) is 0 Å². The van der Waals surface area contributed by atoms with Gasteiger partial charge in [-0.1, -0.05) is 0 Å². The number of benzene rings is 2. The Morgan fingerprint density at radius 2 is 1.53 bits per heavy atom. The lowest BCUT2D eigenvalue weighted by atomic mass is 10.2. The maximum absolute atomic E-state index is 12.7. The van der Waals surface area contributed by atoms with Crippen LogP contribution in [0.2, 0.25) is 0 Å². The van der Waals surface area contributed by atoms with Gasteiger partial charge in [0.25, 0.3) is 10.0 Å². The van der Waals surface area contributed by atoms with Crippen molar-refractivity contribution in [3.8, 4) is 0 Å². The molecule has 0 aliphatic carbocycles. The Bertz CT molecular complexity index is 1150. The highest BCUT2D eigenvalue weighted by Crippen LogP contribution is 2.32. The van der Waals surface area contributed by atoms with Crippen molar-refractivity contribution in [1.82, 2.24) is 9.97 Å². The van der Waals surface area contributed by atoms with Gasteiger partial charge in [0.15, 0.2) is 0 Å². The minimum Gasteiger partial charge on any atom is -0.284 e. The fraction of sp³-hybridized carbons (Fsp3) is 0.105. The van der Waals surface area contributed by atoms with E-state index in [0.717, 1.165) is 29.2 Å². The highest BCUT2D eigenvalue weighted by atomic mass is 32.2. The molecule has 0 radical (unpaired) electrons. The molecule has 2 aromatic carbocycles. The number of nitrogens with one attached hydrogen (secondary N) is 1. The summed E-state index contributed by atoms with van der Waals surface area (Å²) in [5, 5.41) is 0. The summed E-state index contributed by atoms with van der Waals surface area (Å²) < 4.78 is 65.3. The van der Waals surface area contributed by atoms with E-state index < -0.39 is 21.8 Å². The molecular weight excluding hydrogens is 421 g/mol. The smallest absolute Gasteiger partial charge is 0.284 e. The maximum atomic E-state index is 12.7. The van der Waals surface area contributed by atoms with Gasteiger partial charge in [-0.3, -0.25) is 9.69 Å². The predicted molar refractivity (Wildman–Crippen MR) is 104 cm³/mol. The standard InChI is InChI=1S/C19H15F3N4O3S/c1-13-10-11-23-18(24-13)25-30(28,29)17-8-6-16(7-9-17)26(12-27)15-4-2-14(3-5-15)19(20,21)22/h2-12H,1H3,(H,23,24,25). The third-order valence-electron chi connectivity index (χ3n) is 4.02. The van der Waals surface area contributed by atoms with E-state index in [2.05, 4.69) is 14.7 Å². The number of hydrogen-bond acceptors (Lipinski definition) is 5. The molecule has 1 N–H and O–H groups in total. The molecule has 0 spiro atoms. The second-order valence-corrected chi connectivity index (χ2v) is 7.82. The summed E-state index contributed by atoms with van der Waals surface area (Å²) in [4.78, 5) is 20.3. The number of halogens is 3. The fourth-order valence-electron chi connectivity index (χ4n) is 2.54. The molecule has 0 saturated heterocycles. The van der Waals surface area contributed by atoms with E-state index in [9.17, 15) is 26.4 Å². The second-order valence-electron chi connectivity index (χ2n) is 6.14. The van der Waals surface area contributed by atoms with Gasteiger partial charge in [-0.25, -0.2) is 23.1 Å². The molecule has 30 heavy (non-hydrogen) atoms. The zero-order valence-electron chi connectivity index (χ0n) is 15.5. The van der Waals surface area contributed by atoms with Gasteiger partial charge in [0, 0.05) is 23.3 Å². The molecule has 11 heteroatoms. The molecule has 1 heterocycles. The largest absolute Gasteiger partial charge is 0.416 e. The van der Waals surface area contributed by atoms with Crippen LogP contribution in [-0.4, -0.2) is 24.8 Å². The molecule has 3 rings (SSSR count). The first kappa shape index (κ1) is 21.2. The summed E-state index contributed by atoms with van der Waals surface area (Å²) in [5.74, 6) is -0.0849. The first-order chi connectivity index (χ1) is 14.1. The van der Waals surface area contributed by atoms with Crippen molar-refractivity contribution in [2.45, 2.75) is 18.0 Å². The van der Waals surface area contributed by atoms with Gasteiger partial charge in [-0.15, -0.1) is 0 Å². The van der Waals surface area contributed by atoms with Crippen LogP contribution in [0.1, 0.15) is 11.3 Å². The lowest BCUT2D eigenvalue weighted by Crippen LogP contribution is -2.17. The number of aromatic nitrogens is 2. The molecular formula is C19H15F3N4O3S.